The van der Waals surface area contributed by atoms with Crippen LogP contribution >= 0.6 is 34.5 Å². The SMILES string of the molecule is Cc1cc(CNCc2c(Cl)cccc2Cl)sc1C. The third-order valence-corrected chi connectivity index (χ3v) is 4.74. The smallest absolute Gasteiger partial charge is 0.0465 e. The molecule has 0 aliphatic heterocycles. The Kier molecular flexibility index (Phi) is 4.68. The molecule has 1 N–H and O–H groups in total. The largest absolute Gasteiger partial charge is 0.308 e. The van der Waals surface area contributed by atoms with Gasteiger partial charge in [-0.1, -0.05) is 29.3 Å². The van der Waals surface area contributed by atoms with Gasteiger partial charge in [0.1, 0.15) is 0 Å². The first-order chi connectivity index (χ1) is 8.58. The molecule has 0 saturated heterocycles. The normalized spacial score (nSPS) is 10.9. The first-order valence-electron chi connectivity index (χ1n) is 5.77. The van der Waals surface area contributed by atoms with Crippen LogP contribution in [-0.4, -0.2) is 0 Å². The van der Waals surface area contributed by atoms with Crippen LogP contribution in [0.3, 0.4) is 0 Å². The lowest BCUT2D eigenvalue weighted by Crippen LogP contribution is -2.12. The standard InChI is InChI=1S/C14H15Cl2NS/c1-9-6-11(18-10(9)2)7-17-8-12-13(15)4-3-5-14(12)16/h3-6,17H,7-8H2,1-2H3. The molecule has 0 fully saturated rings. The van der Waals surface area contributed by atoms with E-state index in [0.717, 1.165) is 12.1 Å². The van der Waals surface area contributed by atoms with Crippen molar-refractivity contribution in [2.75, 3.05) is 0 Å². The molecule has 1 aromatic carbocycles. The molecular formula is C14H15Cl2NS. The average Bonchev–Trinajstić information content (AvgIpc) is 2.62. The molecule has 0 atom stereocenters. The van der Waals surface area contributed by atoms with Crippen LogP contribution < -0.4 is 5.32 Å². The van der Waals surface area contributed by atoms with E-state index in [4.69, 9.17) is 23.2 Å². The van der Waals surface area contributed by atoms with Gasteiger partial charge in [0.05, 0.1) is 0 Å². The van der Waals surface area contributed by atoms with E-state index in [1.165, 1.54) is 15.3 Å². The number of thiophene rings is 1. The Balaban J connectivity index is 1.96. The van der Waals surface area contributed by atoms with Gasteiger partial charge in [-0.15, -0.1) is 11.3 Å². The van der Waals surface area contributed by atoms with Crippen molar-refractivity contribution in [1.29, 1.82) is 0 Å². The quantitative estimate of drug-likeness (QED) is 0.841. The van der Waals surface area contributed by atoms with Gasteiger partial charge in [0, 0.05) is 38.5 Å². The molecule has 1 heterocycles. The minimum Gasteiger partial charge on any atom is -0.308 e. The van der Waals surface area contributed by atoms with E-state index >= 15 is 0 Å². The van der Waals surface area contributed by atoms with Gasteiger partial charge in [0.15, 0.2) is 0 Å². The average molecular weight is 300 g/mol. The number of hydrogen-bond donors (Lipinski definition) is 1. The summed E-state index contributed by atoms with van der Waals surface area (Å²) < 4.78 is 0. The molecule has 0 radical (unpaired) electrons. The summed E-state index contributed by atoms with van der Waals surface area (Å²) in [7, 11) is 0. The minimum atomic E-state index is 0.689. The Hall–Kier alpha value is -0.540. The second-order valence-corrected chi connectivity index (χ2v) is 6.41. The van der Waals surface area contributed by atoms with Crippen LogP contribution in [0.4, 0.5) is 0 Å². The maximum Gasteiger partial charge on any atom is 0.0465 e. The van der Waals surface area contributed by atoms with Crippen LogP contribution in [0.1, 0.15) is 20.9 Å². The van der Waals surface area contributed by atoms with Gasteiger partial charge in [-0.25, -0.2) is 0 Å². The third-order valence-electron chi connectivity index (χ3n) is 2.88. The number of halogens is 2. The Morgan fingerprint density at radius 3 is 2.33 bits per heavy atom. The lowest BCUT2D eigenvalue weighted by molar-refractivity contribution is 0.701. The van der Waals surface area contributed by atoms with Crippen molar-refractivity contribution in [1.82, 2.24) is 5.32 Å². The fraction of sp³-hybridized carbons (Fsp3) is 0.286. The van der Waals surface area contributed by atoms with Crippen molar-refractivity contribution in [3.05, 3.63) is 55.2 Å². The zero-order chi connectivity index (χ0) is 13.1. The first kappa shape index (κ1) is 13.9. The molecule has 0 unspecified atom stereocenters. The van der Waals surface area contributed by atoms with Crippen LogP contribution in [0.2, 0.25) is 10.0 Å². The van der Waals surface area contributed by atoms with E-state index in [2.05, 4.69) is 25.2 Å². The van der Waals surface area contributed by atoms with Crippen LogP contribution in [0.15, 0.2) is 24.3 Å². The highest BCUT2D eigenvalue weighted by molar-refractivity contribution is 7.12. The van der Waals surface area contributed by atoms with Gasteiger partial charge in [-0.2, -0.15) is 0 Å². The lowest BCUT2D eigenvalue weighted by Gasteiger charge is -2.07. The number of rotatable bonds is 4. The predicted octanol–water partition coefficient (Wildman–Crippen LogP) is 4.96. The molecule has 0 saturated carbocycles. The summed E-state index contributed by atoms with van der Waals surface area (Å²) in [5.74, 6) is 0. The van der Waals surface area contributed by atoms with Crippen LogP contribution in [0.25, 0.3) is 0 Å². The second kappa shape index (κ2) is 6.07. The van der Waals surface area contributed by atoms with Crippen LogP contribution in [-0.2, 0) is 13.1 Å². The van der Waals surface area contributed by atoms with E-state index in [-0.39, 0.29) is 0 Å². The topological polar surface area (TPSA) is 12.0 Å². The van der Waals surface area contributed by atoms with Crippen molar-refractivity contribution in [2.45, 2.75) is 26.9 Å². The molecule has 2 aromatic rings. The zero-order valence-electron chi connectivity index (χ0n) is 10.4. The summed E-state index contributed by atoms with van der Waals surface area (Å²) in [6.45, 7) is 5.82. The highest BCUT2D eigenvalue weighted by atomic mass is 35.5. The zero-order valence-corrected chi connectivity index (χ0v) is 12.7. The molecule has 2 rings (SSSR count). The van der Waals surface area contributed by atoms with Gasteiger partial charge < -0.3 is 5.32 Å². The van der Waals surface area contributed by atoms with Gasteiger partial charge in [-0.05, 0) is 37.6 Å². The van der Waals surface area contributed by atoms with Gasteiger partial charge >= 0.3 is 0 Å². The van der Waals surface area contributed by atoms with Crippen molar-refractivity contribution in [2.24, 2.45) is 0 Å². The van der Waals surface area contributed by atoms with Crippen LogP contribution in [0.5, 0.6) is 0 Å². The minimum absolute atomic E-state index is 0.689. The second-order valence-electron chi connectivity index (χ2n) is 4.26. The van der Waals surface area contributed by atoms with Crippen molar-refractivity contribution in [3.63, 3.8) is 0 Å². The summed E-state index contributed by atoms with van der Waals surface area (Å²) >= 11 is 14.1. The number of nitrogens with one attached hydrogen (secondary N) is 1. The molecule has 18 heavy (non-hydrogen) atoms. The highest BCUT2D eigenvalue weighted by Crippen LogP contribution is 2.24. The Bertz CT molecular complexity index is 509. The monoisotopic (exact) mass is 299 g/mol. The Labute approximate surface area is 122 Å². The van der Waals surface area contributed by atoms with E-state index in [9.17, 15) is 0 Å². The summed E-state index contributed by atoms with van der Waals surface area (Å²) in [5.41, 5.74) is 2.32. The molecule has 0 aliphatic rings. The van der Waals surface area contributed by atoms with Crippen LogP contribution in [0, 0.1) is 13.8 Å². The number of hydrogen-bond acceptors (Lipinski definition) is 2. The number of aryl methyl sites for hydroxylation is 2. The summed E-state index contributed by atoms with van der Waals surface area (Å²) in [6.07, 6.45) is 0. The van der Waals surface area contributed by atoms with Crippen molar-refractivity contribution >= 4 is 34.5 Å². The molecule has 4 heteroatoms. The summed E-state index contributed by atoms with van der Waals surface area (Å²) in [6, 6.07) is 7.81. The summed E-state index contributed by atoms with van der Waals surface area (Å²) in [5, 5.41) is 4.81. The van der Waals surface area contributed by atoms with Gasteiger partial charge in [-0.3, -0.25) is 0 Å². The Morgan fingerprint density at radius 2 is 1.78 bits per heavy atom. The fourth-order valence-corrected chi connectivity index (χ4v) is 3.30. The molecular weight excluding hydrogens is 285 g/mol. The van der Waals surface area contributed by atoms with Crippen molar-refractivity contribution < 1.29 is 0 Å². The maximum atomic E-state index is 6.12. The molecule has 0 aliphatic carbocycles. The molecule has 0 spiro atoms. The van der Waals surface area contributed by atoms with Gasteiger partial charge in [0.2, 0.25) is 0 Å². The van der Waals surface area contributed by atoms with Crippen molar-refractivity contribution in [3.8, 4) is 0 Å². The lowest BCUT2D eigenvalue weighted by atomic mass is 10.2. The third kappa shape index (κ3) is 3.27. The fourth-order valence-electron chi connectivity index (χ4n) is 1.75. The van der Waals surface area contributed by atoms with E-state index in [1.54, 1.807) is 0 Å². The number of benzene rings is 1. The molecule has 0 bridgehead atoms. The first-order valence-corrected chi connectivity index (χ1v) is 7.34. The molecule has 96 valence electrons. The molecule has 0 amide bonds. The highest BCUT2D eigenvalue weighted by Gasteiger charge is 2.06. The molecule has 1 aromatic heterocycles. The molecule has 1 nitrogen and oxygen atoms in total. The maximum absolute atomic E-state index is 6.12. The predicted molar refractivity (Wildman–Crippen MR) is 80.8 cm³/mol. The van der Waals surface area contributed by atoms with E-state index in [0.29, 0.717) is 16.6 Å². The Morgan fingerprint density at radius 1 is 1.11 bits per heavy atom. The van der Waals surface area contributed by atoms with E-state index < -0.39 is 0 Å². The van der Waals surface area contributed by atoms with E-state index in [1.807, 2.05) is 29.5 Å². The summed E-state index contributed by atoms with van der Waals surface area (Å²) in [4.78, 5) is 2.72. The van der Waals surface area contributed by atoms with Gasteiger partial charge in [0.25, 0.3) is 0 Å².